The minimum atomic E-state index is 1.13. The van der Waals surface area contributed by atoms with Gasteiger partial charge in [0.25, 0.3) is 0 Å². The van der Waals surface area contributed by atoms with Crippen LogP contribution >= 0.6 is 15.9 Å². The third-order valence-corrected chi connectivity index (χ3v) is 9.72. The van der Waals surface area contributed by atoms with Crippen LogP contribution in [0.5, 0.6) is 0 Å². The minimum Gasteiger partial charge on any atom is -0.309 e. The van der Waals surface area contributed by atoms with E-state index in [0.29, 0.717) is 0 Å². The summed E-state index contributed by atoms with van der Waals surface area (Å²) < 4.78 is 6.07. The van der Waals surface area contributed by atoms with E-state index in [1.165, 1.54) is 87.1 Å². The summed E-state index contributed by atoms with van der Waals surface area (Å²) in [6.07, 6.45) is 0. The molecule has 190 valence electrons. The molecular formula is C38H21BrN2. The molecule has 0 atom stereocenters. The van der Waals surface area contributed by atoms with Crippen LogP contribution in [0.15, 0.2) is 132 Å². The molecule has 0 unspecified atom stereocenters. The van der Waals surface area contributed by atoms with Gasteiger partial charge in [-0.2, -0.15) is 0 Å². The molecule has 0 radical (unpaired) electrons. The molecule has 0 aliphatic rings. The Kier molecular flexibility index (Phi) is 4.09. The lowest BCUT2D eigenvalue weighted by molar-refractivity contribution is 1.18. The summed E-state index contributed by atoms with van der Waals surface area (Å²) in [5.41, 5.74) is 7.39. The largest absolute Gasteiger partial charge is 0.309 e. The Morgan fingerprint density at radius 2 is 1.12 bits per heavy atom. The Labute approximate surface area is 243 Å². The van der Waals surface area contributed by atoms with Crippen molar-refractivity contribution in [1.29, 1.82) is 0 Å². The van der Waals surface area contributed by atoms with Crippen LogP contribution in [0.25, 0.3) is 87.1 Å². The number of pyridine rings is 1. The molecule has 2 nitrogen and oxygen atoms in total. The molecule has 3 heteroatoms. The van der Waals surface area contributed by atoms with Gasteiger partial charge in [-0.15, -0.1) is 0 Å². The SMILES string of the molecule is Brc1cccc2c1c1ccc3c4ccccc4cc4c5cc6c(cc5n2c1c34)c1ccccc1n6-c1ccccc1. The summed E-state index contributed by atoms with van der Waals surface area (Å²) in [4.78, 5) is 0. The van der Waals surface area contributed by atoms with Gasteiger partial charge in [-0.05, 0) is 70.1 Å². The number of fused-ring (bicyclic) bond motifs is 11. The summed E-state index contributed by atoms with van der Waals surface area (Å²) in [7, 11) is 0. The van der Waals surface area contributed by atoms with E-state index >= 15 is 0 Å². The van der Waals surface area contributed by atoms with Crippen LogP contribution in [0, 0.1) is 0 Å². The highest BCUT2D eigenvalue weighted by Gasteiger charge is 2.22. The lowest BCUT2D eigenvalue weighted by Crippen LogP contribution is -1.95. The van der Waals surface area contributed by atoms with Crippen molar-refractivity contribution in [3.63, 3.8) is 0 Å². The Morgan fingerprint density at radius 3 is 2.02 bits per heavy atom. The number of hydrogen-bond donors (Lipinski definition) is 0. The van der Waals surface area contributed by atoms with Crippen molar-refractivity contribution in [2.75, 3.05) is 0 Å². The van der Waals surface area contributed by atoms with Gasteiger partial charge in [0.2, 0.25) is 0 Å². The van der Waals surface area contributed by atoms with Gasteiger partial charge in [0, 0.05) is 42.5 Å². The minimum absolute atomic E-state index is 1.13. The van der Waals surface area contributed by atoms with Gasteiger partial charge in [0.1, 0.15) is 0 Å². The van der Waals surface area contributed by atoms with Crippen LogP contribution < -0.4 is 0 Å². The summed E-state index contributed by atoms with van der Waals surface area (Å²) in [6, 6.07) is 46.8. The first kappa shape index (κ1) is 21.9. The number of halogens is 1. The van der Waals surface area contributed by atoms with E-state index in [9.17, 15) is 0 Å². The van der Waals surface area contributed by atoms with Gasteiger partial charge in [0.15, 0.2) is 0 Å². The smallest absolute Gasteiger partial charge is 0.0626 e. The van der Waals surface area contributed by atoms with Crippen LogP contribution in [0.2, 0.25) is 0 Å². The van der Waals surface area contributed by atoms with Gasteiger partial charge < -0.3 is 8.97 Å². The second-order valence-electron chi connectivity index (χ2n) is 11.1. The van der Waals surface area contributed by atoms with Crippen LogP contribution in [-0.2, 0) is 0 Å². The fourth-order valence-electron chi connectivity index (χ4n) is 7.43. The monoisotopic (exact) mass is 584 g/mol. The number of hydrogen-bond acceptors (Lipinski definition) is 0. The third kappa shape index (κ3) is 2.67. The molecule has 41 heavy (non-hydrogen) atoms. The molecule has 0 aliphatic carbocycles. The Bertz CT molecular complexity index is 2690. The van der Waals surface area contributed by atoms with E-state index in [0.717, 1.165) is 4.47 Å². The average Bonchev–Trinajstić information content (AvgIpc) is 3.54. The number of nitrogens with zero attached hydrogens (tertiary/aromatic N) is 2. The average molecular weight is 586 g/mol. The van der Waals surface area contributed by atoms with Gasteiger partial charge in [0.05, 0.1) is 27.6 Å². The molecule has 10 rings (SSSR count). The standard InChI is InChI=1S/C38H21BrN2/c39-31-14-8-16-33-37(31)27-18-17-26-24-12-5-4-9-22(24)19-30-29-21-34-28(20-35(29)41(33)38(27)36(26)30)25-13-6-7-15-32(25)40(34)23-10-2-1-3-11-23/h1-21H. The molecule has 3 heterocycles. The second kappa shape index (κ2) is 7.66. The maximum absolute atomic E-state index is 3.91. The lowest BCUT2D eigenvalue weighted by atomic mass is 9.93. The Hall–Kier alpha value is -4.86. The zero-order chi connectivity index (χ0) is 26.8. The second-order valence-corrected chi connectivity index (χ2v) is 11.9. The zero-order valence-corrected chi connectivity index (χ0v) is 23.5. The van der Waals surface area contributed by atoms with Crippen LogP contribution in [-0.4, -0.2) is 8.97 Å². The summed E-state index contributed by atoms with van der Waals surface area (Å²) in [5.74, 6) is 0. The van der Waals surface area contributed by atoms with E-state index in [4.69, 9.17) is 0 Å². The fraction of sp³-hybridized carbons (Fsp3) is 0. The molecule has 10 aromatic rings. The normalized spacial score (nSPS) is 12.5. The highest BCUT2D eigenvalue weighted by atomic mass is 79.9. The van der Waals surface area contributed by atoms with Crippen molar-refractivity contribution >= 4 is 97.4 Å². The first-order valence-electron chi connectivity index (χ1n) is 14.0. The summed E-state index contributed by atoms with van der Waals surface area (Å²) in [6.45, 7) is 0. The lowest BCUT2D eigenvalue weighted by Gasteiger charge is -2.16. The number of rotatable bonds is 1. The molecule has 7 aromatic carbocycles. The van der Waals surface area contributed by atoms with Gasteiger partial charge >= 0.3 is 0 Å². The molecular weight excluding hydrogens is 564 g/mol. The molecule has 0 N–H and O–H groups in total. The van der Waals surface area contributed by atoms with E-state index in [1.807, 2.05) is 0 Å². The molecule has 0 bridgehead atoms. The van der Waals surface area contributed by atoms with Crippen molar-refractivity contribution in [3.05, 3.63) is 132 Å². The van der Waals surface area contributed by atoms with Crippen molar-refractivity contribution in [1.82, 2.24) is 8.97 Å². The first-order valence-corrected chi connectivity index (χ1v) is 14.8. The van der Waals surface area contributed by atoms with Crippen molar-refractivity contribution in [3.8, 4) is 5.69 Å². The topological polar surface area (TPSA) is 9.34 Å². The fourth-order valence-corrected chi connectivity index (χ4v) is 8.00. The number of para-hydroxylation sites is 2. The molecule has 0 spiro atoms. The predicted molar refractivity (Wildman–Crippen MR) is 178 cm³/mol. The van der Waals surface area contributed by atoms with Crippen molar-refractivity contribution in [2.24, 2.45) is 0 Å². The van der Waals surface area contributed by atoms with E-state index in [2.05, 4.69) is 152 Å². The highest BCUT2D eigenvalue weighted by molar-refractivity contribution is 9.10. The number of aromatic nitrogens is 2. The summed E-state index contributed by atoms with van der Waals surface area (Å²) >= 11 is 3.91. The van der Waals surface area contributed by atoms with Gasteiger partial charge in [-0.1, -0.05) is 94.8 Å². The van der Waals surface area contributed by atoms with E-state index < -0.39 is 0 Å². The number of benzene rings is 7. The molecule has 0 fully saturated rings. The molecule has 0 amide bonds. The van der Waals surface area contributed by atoms with E-state index in [-0.39, 0.29) is 0 Å². The molecule has 0 saturated carbocycles. The Balaban J connectivity index is 1.55. The Morgan fingerprint density at radius 1 is 0.415 bits per heavy atom. The maximum atomic E-state index is 3.91. The third-order valence-electron chi connectivity index (χ3n) is 9.06. The predicted octanol–water partition coefficient (Wildman–Crippen LogP) is 11.0. The highest BCUT2D eigenvalue weighted by Crippen LogP contribution is 2.46. The molecule has 0 aliphatic heterocycles. The van der Waals surface area contributed by atoms with Crippen LogP contribution in [0.1, 0.15) is 0 Å². The quantitative estimate of drug-likeness (QED) is 0.134. The van der Waals surface area contributed by atoms with Crippen LogP contribution in [0.4, 0.5) is 0 Å². The first-order chi connectivity index (χ1) is 20.3. The summed E-state index contributed by atoms with van der Waals surface area (Å²) in [5, 5.41) is 12.9. The van der Waals surface area contributed by atoms with Crippen molar-refractivity contribution in [2.45, 2.75) is 0 Å². The molecule has 0 saturated heterocycles. The van der Waals surface area contributed by atoms with Crippen LogP contribution in [0.3, 0.4) is 0 Å². The molecule has 3 aromatic heterocycles. The zero-order valence-electron chi connectivity index (χ0n) is 21.9. The van der Waals surface area contributed by atoms with E-state index in [1.54, 1.807) is 0 Å². The van der Waals surface area contributed by atoms with Crippen molar-refractivity contribution < 1.29 is 0 Å². The van der Waals surface area contributed by atoms with Gasteiger partial charge in [-0.3, -0.25) is 0 Å². The van der Waals surface area contributed by atoms with Gasteiger partial charge in [-0.25, -0.2) is 0 Å². The maximum Gasteiger partial charge on any atom is 0.0626 e.